The van der Waals surface area contributed by atoms with Crippen LogP contribution in [-0.4, -0.2) is 30.4 Å². The predicted octanol–water partition coefficient (Wildman–Crippen LogP) is 0.194. The molecule has 1 heterocycles. The number of carbonyl (C=O) groups excluding carboxylic acids is 2. The summed E-state index contributed by atoms with van der Waals surface area (Å²) in [7, 11) is 1.57. The van der Waals surface area contributed by atoms with Crippen LogP contribution in [-0.2, 0) is 4.79 Å². The lowest BCUT2D eigenvalue weighted by atomic mass is 10.6. The van der Waals surface area contributed by atoms with Crippen molar-refractivity contribution in [2.24, 2.45) is 0 Å². The highest BCUT2D eigenvalue weighted by atomic mass is 16.2. The molecule has 0 saturated carbocycles. The van der Waals surface area contributed by atoms with Crippen LogP contribution in [0.25, 0.3) is 0 Å². The highest BCUT2D eigenvalue weighted by Gasteiger charge is 2.21. The summed E-state index contributed by atoms with van der Waals surface area (Å²) in [5, 5.41) is 2.11. The van der Waals surface area contributed by atoms with Crippen LogP contribution < -0.4 is 5.32 Å². The van der Waals surface area contributed by atoms with Crippen LogP contribution in [0.3, 0.4) is 0 Å². The number of imide groups is 1. The lowest BCUT2D eigenvalue weighted by molar-refractivity contribution is -0.118. The maximum absolute atomic E-state index is 10.4. The van der Waals surface area contributed by atoms with E-state index in [4.69, 9.17) is 0 Å². The van der Waals surface area contributed by atoms with Gasteiger partial charge < -0.3 is 4.90 Å². The van der Waals surface area contributed by atoms with E-state index in [0.29, 0.717) is 0 Å². The minimum absolute atomic E-state index is 0.193. The molecule has 4 nitrogen and oxygen atoms in total. The average Bonchev–Trinajstić information content (AvgIpc) is 2.16. The van der Waals surface area contributed by atoms with Gasteiger partial charge in [0.1, 0.15) is 6.54 Å². The Morgan fingerprint density at radius 1 is 1.40 bits per heavy atom. The second-order valence-electron chi connectivity index (χ2n) is 1.71. The molecule has 0 bridgehead atoms. The monoisotopic (exact) mass is 144 g/mol. The van der Waals surface area contributed by atoms with E-state index < -0.39 is 0 Å². The summed E-state index contributed by atoms with van der Waals surface area (Å²) in [5.74, 6) is -0.225. The van der Waals surface area contributed by atoms with Gasteiger partial charge in [-0.05, 0) is 0 Å². The fourth-order valence-corrected chi connectivity index (χ4v) is 0.541. The second-order valence-corrected chi connectivity index (χ2v) is 1.71. The Morgan fingerprint density at radius 3 is 2.00 bits per heavy atom. The van der Waals surface area contributed by atoms with Gasteiger partial charge >= 0.3 is 6.03 Å². The van der Waals surface area contributed by atoms with Crippen molar-refractivity contribution in [1.82, 2.24) is 10.2 Å². The molecule has 1 saturated heterocycles. The number of nitrogens with zero attached hydrogens (tertiary/aromatic N) is 1. The van der Waals surface area contributed by atoms with Crippen molar-refractivity contribution in [3.63, 3.8) is 0 Å². The summed E-state index contributed by atoms with van der Waals surface area (Å²) in [6.07, 6.45) is 0. The maximum Gasteiger partial charge on any atom is 0.324 e. The molecule has 1 rings (SSSR count). The molecule has 0 spiro atoms. The van der Waals surface area contributed by atoms with Crippen LogP contribution in [0.1, 0.15) is 13.8 Å². The minimum Gasteiger partial charge on any atom is -0.318 e. The summed E-state index contributed by atoms with van der Waals surface area (Å²) in [6.45, 7) is 4.19. The molecule has 1 aliphatic heterocycles. The highest BCUT2D eigenvalue weighted by Crippen LogP contribution is 1.90. The number of urea groups is 1. The summed E-state index contributed by atoms with van der Waals surface area (Å²) in [4.78, 5) is 22.0. The molecule has 0 aromatic rings. The number of rotatable bonds is 0. The van der Waals surface area contributed by atoms with Crippen molar-refractivity contribution < 1.29 is 9.59 Å². The molecular weight excluding hydrogens is 132 g/mol. The van der Waals surface area contributed by atoms with Gasteiger partial charge in [-0.3, -0.25) is 10.1 Å². The molecule has 1 fully saturated rings. The van der Waals surface area contributed by atoms with Gasteiger partial charge in [-0.15, -0.1) is 0 Å². The zero-order valence-corrected chi connectivity index (χ0v) is 6.47. The van der Waals surface area contributed by atoms with Crippen molar-refractivity contribution in [3.8, 4) is 0 Å². The molecule has 1 aliphatic rings. The van der Waals surface area contributed by atoms with E-state index in [2.05, 4.69) is 5.32 Å². The zero-order valence-electron chi connectivity index (χ0n) is 6.47. The number of likely N-dealkylation sites (N-methyl/N-ethyl adjacent to an activating group) is 1. The van der Waals surface area contributed by atoms with Gasteiger partial charge in [0.05, 0.1) is 0 Å². The van der Waals surface area contributed by atoms with Gasteiger partial charge in [0.15, 0.2) is 0 Å². The van der Waals surface area contributed by atoms with Crippen LogP contribution in [0.5, 0.6) is 0 Å². The van der Waals surface area contributed by atoms with Crippen molar-refractivity contribution in [2.75, 3.05) is 13.6 Å². The first-order valence-electron chi connectivity index (χ1n) is 3.25. The number of hydrogen-bond donors (Lipinski definition) is 1. The molecule has 0 aliphatic carbocycles. The molecule has 1 N–H and O–H groups in total. The van der Waals surface area contributed by atoms with Crippen LogP contribution in [0.4, 0.5) is 4.79 Å². The van der Waals surface area contributed by atoms with Crippen LogP contribution >= 0.6 is 0 Å². The van der Waals surface area contributed by atoms with E-state index in [0.717, 1.165) is 0 Å². The van der Waals surface area contributed by atoms with E-state index in [1.165, 1.54) is 4.90 Å². The first-order chi connectivity index (χ1) is 4.70. The van der Waals surface area contributed by atoms with Gasteiger partial charge in [0.2, 0.25) is 5.91 Å². The van der Waals surface area contributed by atoms with Crippen molar-refractivity contribution >= 4 is 11.9 Å². The van der Waals surface area contributed by atoms with Gasteiger partial charge in [-0.1, -0.05) is 13.8 Å². The fraction of sp³-hybridized carbons (Fsp3) is 0.667. The Labute approximate surface area is 60.2 Å². The number of amides is 3. The largest absolute Gasteiger partial charge is 0.324 e. The minimum atomic E-state index is -0.310. The van der Waals surface area contributed by atoms with Gasteiger partial charge in [0.25, 0.3) is 0 Å². The standard InChI is InChI=1S/C4H6N2O2.C2H6/c1-6-2-3(7)5-4(6)8;1-2/h2H2,1H3,(H,5,7,8);1-2H3. The lowest BCUT2D eigenvalue weighted by Gasteiger charge is -1.99. The summed E-state index contributed by atoms with van der Waals surface area (Å²) >= 11 is 0. The van der Waals surface area contributed by atoms with Crippen molar-refractivity contribution in [3.05, 3.63) is 0 Å². The molecule has 4 heteroatoms. The Kier molecular flexibility index (Phi) is 3.46. The van der Waals surface area contributed by atoms with Gasteiger partial charge in [-0.2, -0.15) is 0 Å². The van der Waals surface area contributed by atoms with Crippen molar-refractivity contribution in [1.29, 1.82) is 0 Å². The summed E-state index contributed by atoms with van der Waals surface area (Å²) in [6, 6.07) is -0.310. The molecule has 0 radical (unpaired) electrons. The van der Waals surface area contributed by atoms with Crippen LogP contribution in [0.2, 0.25) is 0 Å². The fourth-order valence-electron chi connectivity index (χ4n) is 0.541. The average molecular weight is 144 g/mol. The van der Waals surface area contributed by atoms with Crippen LogP contribution in [0, 0.1) is 0 Å². The number of hydrogen-bond acceptors (Lipinski definition) is 2. The number of nitrogens with one attached hydrogen (secondary N) is 1. The zero-order chi connectivity index (χ0) is 8.15. The lowest BCUT2D eigenvalue weighted by Crippen LogP contribution is -2.24. The first-order valence-corrected chi connectivity index (χ1v) is 3.25. The Balaban J connectivity index is 0.000000371. The SMILES string of the molecule is CC.CN1CC(=O)NC1=O. The molecular formula is C6H12N2O2. The van der Waals surface area contributed by atoms with Crippen molar-refractivity contribution in [2.45, 2.75) is 13.8 Å². The highest BCUT2D eigenvalue weighted by molar-refractivity contribution is 6.01. The molecule has 0 atom stereocenters. The quantitative estimate of drug-likeness (QED) is 0.493. The number of carbonyl (C=O) groups is 2. The molecule has 0 aromatic carbocycles. The molecule has 58 valence electrons. The second kappa shape index (κ2) is 3.87. The third-order valence-electron chi connectivity index (χ3n) is 0.974. The van der Waals surface area contributed by atoms with Gasteiger partial charge in [0, 0.05) is 7.05 Å². The third kappa shape index (κ3) is 2.05. The third-order valence-corrected chi connectivity index (χ3v) is 0.974. The molecule has 10 heavy (non-hydrogen) atoms. The topological polar surface area (TPSA) is 49.4 Å². The molecule has 3 amide bonds. The van der Waals surface area contributed by atoms with Gasteiger partial charge in [-0.25, -0.2) is 4.79 Å². The Hall–Kier alpha value is -1.06. The van der Waals surface area contributed by atoms with E-state index in [1.54, 1.807) is 7.05 Å². The van der Waals surface area contributed by atoms with E-state index in [9.17, 15) is 9.59 Å². The Bertz CT molecular complexity index is 145. The van der Waals surface area contributed by atoms with E-state index in [-0.39, 0.29) is 18.5 Å². The normalized spacial score (nSPS) is 16.1. The smallest absolute Gasteiger partial charge is 0.318 e. The summed E-state index contributed by atoms with van der Waals surface area (Å²) in [5.41, 5.74) is 0. The van der Waals surface area contributed by atoms with Crippen LogP contribution in [0.15, 0.2) is 0 Å². The Morgan fingerprint density at radius 2 is 1.90 bits per heavy atom. The predicted molar refractivity (Wildman–Crippen MR) is 37.5 cm³/mol. The molecule has 0 aromatic heterocycles. The summed E-state index contributed by atoms with van der Waals surface area (Å²) < 4.78 is 0. The van der Waals surface area contributed by atoms with E-state index >= 15 is 0 Å². The molecule has 0 unspecified atom stereocenters. The maximum atomic E-state index is 10.4. The van der Waals surface area contributed by atoms with E-state index in [1.807, 2.05) is 13.8 Å². The first kappa shape index (κ1) is 8.94.